The molecule has 1 amide bonds. The first-order valence-corrected chi connectivity index (χ1v) is 4.80. The Morgan fingerprint density at radius 1 is 1.41 bits per heavy atom. The summed E-state index contributed by atoms with van der Waals surface area (Å²) in [6.45, 7) is 3.31. The van der Waals surface area contributed by atoms with Crippen molar-refractivity contribution in [3.8, 4) is 0 Å². The molecule has 0 unspecified atom stereocenters. The monoisotopic (exact) mass is 248 g/mol. The van der Waals surface area contributed by atoms with E-state index < -0.39 is 18.0 Å². The molecule has 0 saturated carbocycles. The van der Waals surface area contributed by atoms with Gasteiger partial charge in [-0.1, -0.05) is 0 Å². The van der Waals surface area contributed by atoms with Crippen LogP contribution in [0.15, 0.2) is 18.3 Å². The number of anilines is 1. The topological polar surface area (TPSA) is 51.2 Å². The van der Waals surface area contributed by atoms with Gasteiger partial charge >= 0.3 is 12.3 Å². The fourth-order valence-electron chi connectivity index (χ4n) is 0.997. The van der Waals surface area contributed by atoms with Crippen LogP contribution in [-0.2, 0) is 10.9 Å². The zero-order chi connectivity index (χ0) is 13.1. The Balaban J connectivity index is 2.66. The lowest BCUT2D eigenvalue weighted by molar-refractivity contribution is -0.141. The minimum atomic E-state index is -4.49. The maximum Gasteiger partial charge on any atom is 0.433 e. The van der Waals surface area contributed by atoms with E-state index in [2.05, 4.69) is 10.3 Å². The zero-order valence-corrected chi connectivity index (χ0v) is 9.21. The summed E-state index contributed by atoms with van der Waals surface area (Å²) in [5.41, 5.74) is -0.871. The predicted molar refractivity (Wildman–Crippen MR) is 54.5 cm³/mol. The van der Waals surface area contributed by atoms with E-state index in [1.54, 1.807) is 13.8 Å². The number of amides is 1. The van der Waals surface area contributed by atoms with Gasteiger partial charge in [0.1, 0.15) is 5.69 Å². The SMILES string of the molecule is CC(C)OC(=O)Nc1ccc(C(F)(F)F)nc1. The smallest absolute Gasteiger partial charge is 0.433 e. The van der Waals surface area contributed by atoms with Gasteiger partial charge in [-0.25, -0.2) is 9.78 Å². The second kappa shape index (κ2) is 5.03. The van der Waals surface area contributed by atoms with Gasteiger partial charge in [0.25, 0.3) is 0 Å². The van der Waals surface area contributed by atoms with Gasteiger partial charge in [-0.15, -0.1) is 0 Å². The van der Waals surface area contributed by atoms with E-state index in [0.29, 0.717) is 0 Å². The third-order valence-corrected chi connectivity index (χ3v) is 1.64. The number of aromatic nitrogens is 1. The van der Waals surface area contributed by atoms with Crippen LogP contribution in [0.5, 0.6) is 0 Å². The normalized spacial score (nSPS) is 11.4. The van der Waals surface area contributed by atoms with Crippen LogP contribution in [0.1, 0.15) is 19.5 Å². The summed E-state index contributed by atoms with van der Waals surface area (Å²) in [6.07, 6.45) is -4.61. The van der Waals surface area contributed by atoms with Crippen molar-refractivity contribution in [1.82, 2.24) is 4.98 Å². The number of hydrogen-bond donors (Lipinski definition) is 1. The summed E-state index contributed by atoms with van der Waals surface area (Å²) in [5.74, 6) is 0. The summed E-state index contributed by atoms with van der Waals surface area (Å²) < 4.78 is 41.3. The van der Waals surface area contributed by atoms with E-state index in [1.807, 2.05) is 0 Å². The van der Waals surface area contributed by atoms with Crippen LogP contribution >= 0.6 is 0 Å². The lowest BCUT2D eigenvalue weighted by Gasteiger charge is -2.10. The van der Waals surface area contributed by atoms with Gasteiger partial charge in [0.05, 0.1) is 18.0 Å². The highest BCUT2D eigenvalue weighted by molar-refractivity contribution is 5.84. The average molecular weight is 248 g/mol. The summed E-state index contributed by atoms with van der Waals surface area (Å²) >= 11 is 0. The second-order valence-electron chi connectivity index (χ2n) is 3.51. The van der Waals surface area contributed by atoms with Crippen molar-refractivity contribution in [2.45, 2.75) is 26.1 Å². The summed E-state index contributed by atoms with van der Waals surface area (Å²) in [5, 5.41) is 2.26. The maximum atomic E-state index is 12.2. The molecule has 0 aromatic carbocycles. The molecule has 0 atom stereocenters. The van der Waals surface area contributed by atoms with E-state index in [1.165, 1.54) is 0 Å². The third-order valence-electron chi connectivity index (χ3n) is 1.64. The minimum Gasteiger partial charge on any atom is -0.447 e. The molecule has 0 bridgehead atoms. The van der Waals surface area contributed by atoms with E-state index in [4.69, 9.17) is 4.74 Å². The molecule has 1 N–H and O–H groups in total. The number of carbonyl (C=O) groups is 1. The molecule has 0 aliphatic carbocycles. The molecule has 7 heteroatoms. The zero-order valence-electron chi connectivity index (χ0n) is 9.21. The van der Waals surface area contributed by atoms with Crippen LogP contribution in [-0.4, -0.2) is 17.2 Å². The van der Waals surface area contributed by atoms with Crippen LogP contribution in [0, 0.1) is 0 Å². The number of carbonyl (C=O) groups excluding carboxylic acids is 1. The standard InChI is InChI=1S/C10H11F3N2O2/c1-6(2)17-9(16)15-7-3-4-8(14-5-7)10(11,12)13/h3-6H,1-2H3,(H,15,16). The van der Waals surface area contributed by atoms with Gasteiger partial charge in [0, 0.05) is 0 Å². The van der Waals surface area contributed by atoms with Crippen molar-refractivity contribution in [3.63, 3.8) is 0 Å². The third kappa shape index (κ3) is 4.29. The molecule has 1 heterocycles. The molecule has 0 fully saturated rings. The first-order valence-electron chi connectivity index (χ1n) is 4.80. The molecule has 1 rings (SSSR count). The molecule has 1 aromatic heterocycles. The Kier molecular flexibility index (Phi) is 3.93. The second-order valence-corrected chi connectivity index (χ2v) is 3.51. The minimum absolute atomic E-state index is 0.142. The molecule has 0 saturated heterocycles. The van der Waals surface area contributed by atoms with Crippen molar-refractivity contribution in [2.24, 2.45) is 0 Å². The van der Waals surface area contributed by atoms with Crippen molar-refractivity contribution in [3.05, 3.63) is 24.0 Å². The molecule has 4 nitrogen and oxygen atoms in total. The molecule has 1 aromatic rings. The molecule has 17 heavy (non-hydrogen) atoms. The molecule has 0 spiro atoms. The number of pyridine rings is 1. The van der Waals surface area contributed by atoms with Gasteiger partial charge < -0.3 is 4.74 Å². The van der Waals surface area contributed by atoms with E-state index in [-0.39, 0.29) is 11.8 Å². The van der Waals surface area contributed by atoms with Gasteiger partial charge in [-0.3, -0.25) is 5.32 Å². The van der Waals surface area contributed by atoms with E-state index in [0.717, 1.165) is 18.3 Å². The first-order chi connectivity index (χ1) is 7.79. The highest BCUT2D eigenvalue weighted by Gasteiger charge is 2.32. The van der Waals surface area contributed by atoms with Gasteiger partial charge in [-0.05, 0) is 26.0 Å². The number of halogens is 3. The number of rotatable bonds is 2. The Morgan fingerprint density at radius 2 is 2.06 bits per heavy atom. The summed E-state index contributed by atoms with van der Waals surface area (Å²) in [7, 11) is 0. The van der Waals surface area contributed by atoms with Gasteiger partial charge in [-0.2, -0.15) is 13.2 Å². The van der Waals surface area contributed by atoms with Crippen molar-refractivity contribution in [2.75, 3.05) is 5.32 Å². The molecule has 94 valence electrons. The number of ether oxygens (including phenoxy) is 1. The number of hydrogen-bond acceptors (Lipinski definition) is 3. The lowest BCUT2D eigenvalue weighted by Crippen LogP contribution is -2.18. The van der Waals surface area contributed by atoms with Gasteiger partial charge in [0.15, 0.2) is 0 Å². The van der Waals surface area contributed by atoms with E-state index in [9.17, 15) is 18.0 Å². The first kappa shape index (κ1) is 13.3. The van der Waals surface area contributed by atoms with Crippen LogP contribution in [0.3, 0.4) is 0 Å². The summed E-state index contributed by atoms with van der Waals surface area (Å²) in [4.78, 5) is 14.3. The lowest BCUT2D eigenvalue weighted by atomic mass is 10.3. The molecule has 0 aliphatic heterocycles. The highest BCUT2D eigenvalue weighted by atomic mass is 19.4. The van der Waals surface area contributed by atoms with Crippen molar-refractivity contribution in [1.29, 1.82) is 0 Å². The number of nitrogens with zero attached hydrogens (tertiary/aromatic N) is 1. The largest absolute Gasteiger partial charge is 0.447 e. The van der Waals surface area contributed by atoms with Crippen LogP contribution in [0.2, 0.25) is 0 Å². The molecule has 0 radical (unpaired) electrons. The van der Waals surface area contributed by atoms with E-state index >= 15 is 0 Å². The predicted octanol–water partition coefficient (Wildman–Crippen LogP) is 3.06. The Bertz CT molecular complexity index is 388. The summed E-state index contributed by atoms with van der Waals surface area (Å²) in [6, 6.07) is 1.89. The number of alkyl halides is 3. The molecular weight excluding hydrogens is 237 g/mol. The van der Waals surface area contributed by atoms with Crippen molar-refractivity contribution < 1.29 is 22.7 Å². The Hall–Kier alpha value is -1.79. The molecule has 0 aliphatic rings. The van der Waals surface area contributed by atoms with Crippen LogP contribution in [0.25, 0.3) is 0 Å². The quantitative estimate of drug-likeness (QED) is 0.875. The van der Waals surface area contributed by atoms with Crippen LogP contribution in [0.4, 0.5) is 23.7 Å². The fourth-order valence-corrected chi connectivity index (χ4v) is 0.997. The Morgan fingerprint density at radius 3 is 2.47 bits per heavy atom. The van der Waals surface area contributed by atoms with Crippen LogP contribution < -0.4 is 5.32 Å². The van der Waals surface area contributed by atoms with Gasteiger partial charge in [0.2, 0.25) is 0 Å². The highest BCUT2D eigenvalue weighted by Crippen LogP contribution is 2.27. The maximum absolute atomic E-state index is 12.2. The average Bonchev–Trinajstić information content (AvgIpc) is 2.15. The van der Waals surface area contributed by atoms with Crippen molar-refractivity contribution >= 4 is 11.8 Å². The Labute approximate surface area is 95.8 Å². The fraction of sp³-hybridized carbons (Fsp3) is 0.400. The molecular formula is C10H11F3N2O2. The number of nitrogens with one attached hydrogen (secondary N) is 1.